The molecule has 5 nitrogen and oxygen atoms in total. The van der Waals surface area contributed by atoms with E-state index in [-0.39, 0.29) is 16.9 Å². The number of carboxylic acid groups (broad SMARTS) is 1. The lowest BCUT2D eigenvalue weighted by Gasteiger charge is -2.10. The van der Waals surface area contributed by atoms with Crippen LogP contribution in [-0.4, -0.2) is 22.1 Å². The van der Waals surface area contributed by atoms with Crippen LogP contribution in [0.25, 0.3) is 0 Å². The number of para-hydroxylation sites is 1. The monoisotopic (exact) mass is 401 g/mol. The number of rotatable bonds is 3. The molecule has 0 aliphatic carbocycles. The maximum Gasteiger partial charge on any atom is 0.337 e. The average molecular weight is 401 g/mol. The van der Waals surface area contributed by atoms with Crippen molar-refractivity contribution in [3.63, 3.8) is 0 Å². The highest BCUT2D eigenvalue weighted by Crippen LogP contribution is 2.23. The number of halogens is 2. The maximum atomic E-state index is 13.7. The van der Waals surface area contributed by atoms with Crippen molar-refractivity contribution in [3.8, 4) is 5.75 Å². The summed E-state index contributed by atoms with van der Waals surface area (Å²) in [6, 6.07) is 7.66. The molecule has 21 heavy (non-hydrogen) atoms. The van der Waals surface area contributed by atoms with Crippen LogP contribution < -0.4 is 5.32 Å². The van der Waals surface area contributed by atoms with Crippen LogP contribution in [0.3, 0.4) is 0 Å². The second kappa shape index (κ2) is 6.08. The number of nitrogens with one attached hydrogen (secondary N) is 1. The molecule has 108 valence electrons. The Kier molecular flexibility index (Phi) is 4.41. The third-order valence-electron chi connectivity index (χ3n) is 2.69. The number of carbonyl (C=O) groups is 2. The van der Waals surface area contributed by atoms with Gasteiger partial charge in [-0.05, 0) is 52.9 Å². The molecule has 1 amide bonds. The van der Waals surface area contributed by atoms with E-state index in [1.807, 2.05) is 22.6 Å². The molecule has 0 aromatic heterocycles. The van der Waals surface area contributed by atoms with Crippen LogP contribution in [0, 0.1) is 9.39 Å². The fourth-order valence-corrected chi connectivity index (χ4v) is 2.00. The Bertz CT molecular complexity index is 733. The lowest BCUT2D eigenvalue weighted by molar-refractivity contribution is 0.0697. The highest BCUT2D eigenvalue weighted by atomic mass is 127. The molecular weight excluding hydrogens is 392 g/mol. The van der Waals surface area contributed by atoms with Gasteiger partial charge < -0.3 is 15.5 Å². The van der Waals surface area contributed by atoms with E-state index in [0.29, 0.717) is 3.57 Å². The molecule has 3 N–H and O–H groups in total. The number of carboxylic acids is 1. The van der Waals surface area contributed by atoms with Crippen molar-refractivity contribution in [2.45, 2.75) is 0 Å². The van der Waals surface area contributed by atoms with E-state index in [1.54, 1.807) is 0 Å². The third-order valence-corrected chi connectivity index (χ3v) is 3.60. The molecule has 0 heterocycles. The first kappa shape index (κ1) is 15.2. The summed E-state index contributed by atoms with van der Waals surface area (Å²) in [4.78, 5) is 23.1. The normalized spacial score (nSPS) is 10.2. The number of phenols is 1. The first-order valence-electron chi connectivity index (χ1n) is 5.72. The molecule has 0 saturated heterocycles. The van der Waals surface area contributed by atoms with Crippen LogP contribution >= 0.6 is 22.6 Å². The number of aromatic carboxylic acids is 1. The summed E-state index contributed by atoms with van der Waals surface area (Å²) in [5, 5.41) is 20.8. The first-order chi connectivity index (χ1) is 9.90. The van der Waals surface area contributed by atoms with Gasteiger partial charge in [-0.15, -0.1) is 0 Å². The number of benzene rings is 2. The Morgan fingerprint density at radius 3 is 2.52 bits per heavy atom. The van der Waals surface area contributed by atoms with Gasteiger partial charge in [-0.1, -0.05) is 6.07 Å². The smallest absolute Gasteiger partial charge is 0.337 e. The summed E-state index contributed by atoms with van der Waals surface area (Å²) in [5.41, 5.74) is -0.668. The summed E-state index contributed by atoms with van der Waals surface area (Å²) in [6.45, 7) is 0. The zero-order chi connectivity index (χ0) is 15.6. The van der Waals surface area contributed by atoms with E-state index in [4.69, 9.17) is 5.11 Å². The Labute approximate surface area is 132 Å². The highest BCUT2D eigenvalue weighted by Gasteiger charge is 2.17. The molecule has 0 aliphatic heterocycles. The lowest BCUT2D eigenvalue weighted by Crippen LogP contribution is -2.16. The predicted molar refractivity (Wildman–Crippen MR) is 82.1 cm³/mol. The van der Waals surface area contributed by atoms with Gasteiger partial charge in [-0.3, -0.25) is 4.79 Å². The van der Waals surface area contributed by atoms with Crippen LogP contribution in [0.1, 0.15) is 20.7 Å². The van der Waals surface area contributed by atoms with E-state index in [2.05, 4.69) is 5.32 Å². The molecule has 0 spiro atoms. The zero-order valence-electron chi connectivity index (χ0n) is 10.4. The Morgan fingerprint density at radius 2 is 1.90 bits per heavy atom. The molecule has 0 fully saturated rings. The molecule has 0 saturated carbocycles. The van der Waals surface area contributed by atoms with Crippen LogP contribution in [0.2, 0.25) is 0 Å². The molecule has 2 rings (SSSR count). The molecular formula is C14H9FINO4. The van der Waals surface area contributed by atoms with Gasteiger partial charge in [-0.25, -0.2) is 9.18 Å². The van der Waals surface area contributed by atoms with E-state index in [9.17, 15) is 19.1 Å². The molecule has 0 unspecified atom stereocenters. The average Bonchev–Trinajstić information content (AvgIpc) is 2.43. The molecule has 2 aromatic carbocycles. The lowest BCUT2D eigenvalue weighted by atomic mass is 10.1. The van der Waals surface area contributed by atoms with Gasteiger partial charge in [0.15, 0.2) is 0 Å². The minimum absolute atomic E-state index is 0.0877. The Hall–Kier alpha value is -2.16. The molecule has 7 heteroatoms. The third kappa shape index (κ3) is 3.30. The summed E-state index contributed by atoms with van der Waals surface area (Å²) >= 11 is 1.89. The van der Waals surface area contributed by atoms with Crippen molar-refractivity contribution in [2.75, 3.05) is 5.32 Å². The van der Waals surface area contributed by atoms with Crippen LogP contribution in [-0.2, 0) is 0 Å². The number of anilines is 1. The van der Waals surface area contributed by atoms with E-state index >= 15 is 0 Å². The second-order valence-electron chi connectivity index (χ2n) is 4.09. The van der Waals surface area contributed by atoms with Crippen molar-refractivity contribution >= 4 is 40.2 Å². The number of amides is 1. The summed E-state index contributed by atoms with van der Waals surface area (Å²) in [7, 11) is 0. The van der Waals surface area contributed by atoms with Crippen molar-refractivity contribution in [2.24, 2.45) is 0 Å². The van der Waals surface area contributed by atoms with Gasteiger partial charge in [0.05, 0.1) is 14.8 Å². The number of hydrogen-bond acceptors (Lipinski definition) is 3. The van der Waals surface area contributed by atoms with Gasteiger partial charge in [0, 0.05) is 5.56 Å². The van der Waals surface area contributed by atoms with Gasteiger partial charge in [0.1, 0.15) is 11.6 Å². The molecule has 0 atom stereocenters. The zero-order valence-corrected chi connectivity index (χ0v) is 12.6. The number of aromatic hydroxyl groups is 1. The summed E-state index contributed by atoms with van der Waals surface area (Å²) < 4.78 is 14.3. The topological polar surface area (TPSA) is 86.6 Å². The Morgan fingerprint density at radius 1 is 1.19 bits per heavy atom. The van der Waals surface area contributed by atoms with E-state index in [0.717, 1.165) is 6.07 Å². The standard InChI is InChI=1S/C14H9FINO4/c15-9-3-1-2-8(14(20)21)12(9)17-13(19)7-4-5-10(16)11(18)6-7/h1-6,18H,(H,17,19)(H,20,21). The van der Waals surface area contributed by atoms with Crippen molar-refractivity contribution in [3.05, 3.63) is 56.9 Å². The van der Waals surface area contributed by atoms with Gasteiger partial charge in [0.25, 0.3) is 5.91 Å². The SMILES string of the molecule is O=C(Nc1c(F)cccc1C(=O)O)c1ccc(I)c(O)c1. The number of carbonyl (C=O) groups excluding carboxylic acids is 1. The van der Waals surface area contributed by atoms with E-state index in [1.165, 1.54) is 30.3 Å². The minimum Gasteiger partial charge on any atom is -0.507 e. The quantitative estimate of drug-likeness (QED) is 0.691. The number of hydrogen-bond donors (Lipinski definition) is 3. The fourth-order valence-electron chi connectivity index (χ4n) is 1.67. The largest absolute Gasteiger partial charge is 0.507 e. The van der Waals surface area contributed by atoms with E-state index < -0.39 is 23.4 Å². The van der Waals surface area contributed by atoms with Gasteiger partial charge in [-0.2, -0.15) is 0 Å². The molecule has 0 radical (unpaired) electrons. The maximum absolute atomic E-state index is 13.7. The summed E-state index contributed by atoms with van der Waals surface area (Å²) in [6.07, 6.45) is 0. The second-order valence-corrected chi connectivity index (χ2v) is 5.25. The van der Waals surface area contributed by atoms with Crippen molar-refractivity contribution in [1.29, 1.82) is 0 Å². The van der Waals surface area contributed by atoms with Crippen molar-refractivity contribution < 1.29 is 24.2 Å². The van der Waals surface area contributed by atoms with Crippen LogP contribution in [0.5, 0.6) is 5.75 Å². The molecule has 2 aromatic rings. The first-order valence-corrected chi connectivity index (χ1v) is 6.79. The van der Waals surface area contributed by atoms with Crippen LogP contribution in [0.15, 0.2) is 36.4 Å². The summed E-state index contributed by atoms with van der Waals surface area (Å²) in [5.74, 6) is -3.00. The predicted octanol–water partition coefficient (Wildman–Crippen LogP) is 3.09. The van der Waals surface area contributed by atoms with Crippen LogP contribution in [0.4, 0.5) is 10.1 Å². The van der Waals surface area contributed by atoms with Gasteiger partial charge >= 0.3 is 5.97 Å². The van der Waals surface area contributed by atoms with Gasteiger partial charge in [0.2, 0.25) is 0 Å². The molecule has 0 aliphatic rings. The Balaban J connectivity index is 2.36. The fraction of sp³-hybridized carbons (Fsp3) is 0. The molecule has 0 bridgehead atoms. The number of phenolic OH excluding ortho intramolecular Hbond substituents is 1. The highest BCUT2D eigenvalue weighted by molar-refractivity contribution is 14.1. The van der Waals surface area contributed by atoms with Crippen molar-refractivity contribution in [1.82, 2.24) is 0 Å². The minimum atomic E-state index is -1.35.